The molecule has 0 unspecified atom stereocenters. The van der Waals surface area contributed by atoms with Gasteiger partial charge in [-0.25, -0.2) is 0 Å². The predicted octanol–water partition coefficient (Wildman–Crippen LogP) is 1.54. The van der Waals surface area contributed by atoms with Crippen LogP contribution in [-0.4, -0.2) is 53.3 Å². The number of rotatable bonds is 7. The molecule has 1 aliphatic carbocycles. The van der Waals surface area contributed by atoms with Gasteiger partial charge in [0.25, 0.3) is 0 Å². The van der Waals surface area contributed by atoms with Gasteiger partial charge in [-0.3, -0.25) is 14.3 Å². The molecule has 1 aromatic heterocycles. The van der Waals surface area contributed by atoms with Crippen molar-refractivity contribution in [3.63, 3.8) is 0 Å². The number of aromatic nitrogens is 2. The number of nitrogens with one attached hydrogen (secondary N) is 1. The van der Waals surface area contributed by atoms with Crippen molar-refractivity contribution in [2.24, 2.45) is 13.0 Å². The van der Waals surface area contributed by atoms with Gasteiger partial charge in [-0.2, -0.15) is 5.10 Å². The van der Waals surface area contributed by atoms with Gasteiger partial charge < -0.3 is 15.0 Å². The first-order valence-corrected chi connectivity index (χ1v) is 8.34. The van der Waals surface area contributed by atoms with E-state index in [0.717, 1.165) is 18.5 Å². The molecule has 2 amide bonds. The van der Waals surface area contributed by atoms with Crippen molar-refractivity contribution >= 4 is 17.6 Å². The lowest BCUT2D eigenvalue weighted by atomic mass is 9.92. The number of methoxy groups -OCH3 is 1. The van der Waals surface area contributed by atoms with Crippen LogP contribution >= 0.6 is 0 Å². The molecule has 0 aromatic carbocycles. The molecule has 7 nitrogen and oxygen atoms in total. The number of hydrogen-bond donors (Lipinski definition) is 1. The first-order chi connectivity index (χ1) is 11.2. The molecular formula is C17H28N4O3. The number of ether oxygens (including phenoxy) is 1. The monoisotopic (exact) mass is 336 g/mol. The average molecular weight is 336 g/mol. The number of anilines is 1. The van der Waals surface area contributed by atoms with Crippen molar-refractivity contribution < 1.29 is 14.3 Å². The molecule has 1 saturated carbocycles. The van der Waals surface area contributed by atoms with Crippen LogP contribution in [0.4, 0.5) is 5.82 Å². The Morgan fingerprint density at radius 1 is 1.42 bits per heavy atom. The lowest BCUT2D eigenvalue weighted by molar-refractivity contribution is -0.136. The van der Waals surface area contributed by atoms with Crippen LogP contribution in [0.2, 0.25) is 0 Å². The Hall–Kier alpha value is -1.89. The SMILES string of the molecule is COCCN(CC(=O)Nc1cc(C(C)(C)C)nn1C)C(=O)C1CC1. The molecule has 0 spiro atoms. The van der Waals surface area contributed by atoms with Crippen LogP contribution < -0.4 is 5.32 Å². The van der Waals surface area contributed by atoms with Gasteiger partial charge in [0, 0.05) is 38.1 Å². The van der Waals surface area contributed by atoms with Gasteiger partial charge in [-0.15, -0.1) is 0 Å². The summed E-state index contributed by atoms with van der Waals surface area (Å²) in [6, 6.07) is 1.88. The third-order valence-electron chi connectivity index (χ3n) is 4.05. The summed E-state index contributed by atoms with van der Waals surface area (Å²) in [5.41, 5.74) is 0.818. The lowest BCUT2D eigenvalue weighted by Crippen LogP contribution is -2.41. The number of nitrogens with zero attached hydrogens (tertiary/aromatic N) is 3. The molecule has 1 heterocycles. The largest absolute Gasteiger partial charge is 0.383 e. The third-order valence-corrected chi connectivity index (χ3v) is 4.05. The molecule has 24 heavy (non-hydrogen) atoms. The molecule has 0 saturated heterocycles. The van der Waals surface area contributed by atoms with Crippen LogP contribution in [0.3, 0.4) is 0 Å². The highest BCUT2D eigenvalue weighted by Crippen LogP contribution is 2.31. The first-order valence-electron chi connectivity index (χ1n) is 8.34. The number of amides is 2. The van der Waals surface area contributed by atoms with Gasteiger partial charge in [0.15, 0.2) is 0 Å². The number of aryl methyl sites for hydroxylation is 1. The van der Waals surface area contributed by atoms with Gasteiger partial charge in [0.1, 0.15) is 5.82 Å². The van der Waals surface area contributed by atoms with Crippen molar-refractivity contribution in [1.29, 1.82) is 0 Å². The summed E-state index contributed by atoms with van der Waals surface area (Å²) in [4.78, 5) is 26.2. The second kappa shape index (κ2) is 7.34. The summed E-state index contributed by atoms with van der Waals surface area (Å²) in [6.07, 6.45) is 1.83. The summed E-state index contributed by atoms with van der Waals surface area (Å²) in [6.45, 7) is 7.10. The first kappa shape index (κ1) is 18.4. The fourth-order valence-electron chi connectivity index (χ4n) is 2.36. The quantitative estimate of drug-likeness (QED) is 0.819. The van der Waals surface area contributed by atoms with Gasteiger partial charge in [-0.05, 0) is 12.8 Å². The van der Waals surface area contributed by atoms with E-state index in [9.17, 15) is 9.59 Å². The molecular weight excluding hydrogens is 308 g/mol. The Kier molecular flexibility index (Phi) is 5.64. The molecule has 1 aromatic rings. The lowest BCUT2D eigenvalue weighted by Gasteiger charge is -2.21. The minimum atomic E-state index is -0.219. The Labute approximate surface area is 143 Å². The van der Waals surface area contributed by atoms with Crippen LogP contribution in [0.5, 0.6) is 0 Å². The van der Waals surface area contributed by atoms with Crippen molar-refractivity contribution in [3.05, 3.63) is 11.8 Å². The molecule has 2 rings (SSSR count). The van der Waals surface area contributed by atoms with Crippen LogP contribution in [0.25, 0.3) is 0 Å². The predicted molar refractivity (Wildman–Crippen MR) is 91.7 cm³/mol. The standard InChI is InChI=1S/C17H28N4O3/c1-17(2,3)13-10-14(20(4)19-13)18-15(22)11-21(8-9-24-5)16(23)12-6-7-12/h10,12H,6-9,11H2,1-5H3,(H,18,22). The highest BCUT2D eigenvalue weighted by Gasteiger charge is 2.34. The maximum atomic E-state index is 12.4. The minimum Gasteiger partial charge on any atom is -0.383 e. The van der Waals surface area contributed by atoms with Crippen LogP contribution in [0.1, 0.15) is 39.3 Å². The van der Waals surface area contributed by atoms with E-state index in [1.807, 2.05) is 6.07 Å². The minimum absolute atomic E-state index is 0.0364. The Bertz CT molecular complexity index is 599. The molecule has 0 aliphatic heterocycles. The van der Waals surface area contributed by atoms with Gasteiger partial charge >= 0.3 is 0 Å². The Balaban J connectivity index is 1.99. The van der Waals surface area contributed by atoms with Gasteiger partial charge in [-0.1, -0.05) is 20.8 Å². The van der Waals surface area contributed by atoms with Gasteiger partial charge in [0.05, 0.1) is 18.8 Å². The molecule has 0 atom stereocenters. The molecule has 1 fully saturated rings. The maximum Gasteiger partial charge on any atom is 0.245 e. The van der Waals surface area contributed by atoms with Crippen molar-refractivity contribution in [1.82, 2.24) is 14.7 Å². The molecule has 1 aliphatic rings. The van der Waals surface area contributed by atoms with Crippen LogP contribution in [-0.2, 0) is 26.8 Å². The Morgan fingerprint density at radius 3 is 2.58 bits per heavy atom. The molecule has 7 heteroatoms. The zero-order chi connectivity index (χ0) is 17.9. The Morgan fingerprint density at radius 2 is 2.08 bits per heavy atom. The molecule has 134 valence electrons. The second-order valence-electron chi connectivity index (χ2n) is 7.36. The zero-order valence-corrected chi connectivity index (χ0v) is 15.3. The highest BCUT2D eigenvalue weighted by molar-refractivity contribution is 5.94. The summed E-state index contributed by atoms with van der Waals surface area (Å²) in [7, 11) is 3.38. The topological polar surface area (TPSA) is 76.5 Å². The van der Waals surface area contributed by atoms with Crippen molar-refractivity contribution in [3.8, 4) is 0 Å². The van der Waals surface area contributed by atoms with E-state index in [0.29, 0.717) is 19.0 Å². The average Bonchev–Trinajstić information content (AvgIpc) is 3.27. The number of carbonyl (C=O) groups is 2. The normalized spacial score (nSPS) is 14.5. The summed E-state index contributed by atoms with van der Waals surface area (Å²) < 4.78 is 6.70. The molecule has 1 N–H and O–H groups in total. The van der Waals surface area contributed by atoms with E-state index in [2.05, 4.69) is 31.2 Å². The summed E-state index contributed by atoms with van der Waals surface area (Å²) >= 11 is 0. The van der Waals surface area contributed by atoms with Crippen molar-refractivity contribution in [2.45, 2.75) is 39.0 Å². The maximum absolute atomic E-state index is 12.4. The van der Waals surface area contributed by atoms with Crippen LogP contribution in [0, 0.1) is 5.92 Å². The molecule has 0 radical (unpaired) electrons. The smallest absolute Gasteiger partial charge is 0.245 e. The highest BCUT2D eigenvalue weighted by atomic mass is 16.5. The fourth-order valence-corrected chi connectivity index (χ4v) is 2.36. The summed E-state index contributed by atoms with van der Waals surface area (Å²) in [5, 5.41) is 7.29. The van der Waals surface area contributed by atoms with E-state index >= 15 is 0 Å². The third kappa shape index (κ3) is 4.80. The van der Waals surface area contributed by atoms with E-state index in [-0.39, 0.29) is 29.7 Å². The fraction of sp³-hybridized carbons (Fsp3) is 0.706. The van der Waals surface area contributed by atoms with E-state index in [4.69, 9.17) is 4.74 Å². The van der Waals surface area contributed by atoms with E-state index in [1.165, 1.54) is 0 Å². The number of hydrogen-bond acceptors (Lipinski definition) is 4. The van der Waals surface area contributed by atoms with Gasteiger partial charge in [0.2, 0.25) is 11.8 Å². The van der Waals surface area contributed by atoms with E-state index < -0.39 is 0 Å². The zero-order valence-electron chi connectivity index (χ0n) is 15.3. The second-order valence-corrected chi connectivity index (χ2v) is 7.36. The van der Waals surface area contributed by atoms with Crippen LogP contribution in [0.15, 0.2) is 6.07 Å². The van der Waals surface area contributed by atoms with E-state index in [1.54, 1.807) is 23.7 Å². The van der Waals surface area contributed by atoms with Crippen molar-refractivity contribution in [2.75, 3.05) is 32.1 Å². The molecule has 0 bridgehead atoms. The number of carbonyl (C=O) groups excluding carboxylic acids is 2. The summed E-state index contributed by atoms with van der Waals surface area (Å²) in [5.74, 6) is 0.542.